The SMILES string of the molecule is CCC1CCC2(CC1)Nc1ccccc1C(=O)N2NC1(c2nnnn2C(C)(C)C)CCC(C(C)(C)C)CC1. The average Bonchev–Trinajstić information content (AvgIpc) is 3.39. The third kappa shape index (κ3) is 4.74. The molecule has 0 atom stereocenters. The summed E-state index contributed by atoms with van der Waals surface area (Å²) in [5.74, 6) is 2.20. The summed E-state index contributed by atoms with van der Waals surface area (Å²) in [6, 6.07) is 7.95. The van der Waals surface area contributed by atoms with Crippen LogP contribution in [-0.4, -0.2) is 36.8 Å². The quantitative estimate of drug-likeness (QED) is 0.496. The van der Waals surface area contributed by atoms with Crippen LogP contribution in [0.25, 0.3) is 0 Å². The molecule has 38 heavy (non-hydrogen) atoms. The molecule has 2 saturated carbocycles. The maximum Gasteiger partial charge on any atom is 0.272 e. The van der Waals surface area contributed by atoms with Crippen molar-refractivity contribution in [1.29, 1.82) is 0 Å². The number of tetrazole rings is 1. The number of aromatic nitrogens is 4. The van der Waals surface area contributed by atoms with Crippen LogP contribution in [0.15, 0.2) is 24.3 Å². The lowest BCUT2D eigenvalue weighted by atomic mass is 9.67. The van der Waals surface area contributed by atoms with Gasteiger partial charge in [0.25, 0.3) is 5.91 Å². The van der Waals surface area contributed by atoms with E-state index in [1.165, 1.54) is 6.42 Å². The van der Waals surface area contributed by atoms with Crippen molar-refractivity contribution < 1.29 is 4.79 Å². The van der Waals surface area contributed by atoms with Crippen LogP contribution in [0, 0.1) is 17.3 Å². The molecule has 8 heteroatoms. The first-order valence-electron chi connectivity index (χ1n) is 14.7. The number of rotatable bonds is 4. The second kappa shape index (κ2) is 9.61. The fourth-order valence-electron chi connectivity index (χ4n) is 6.98. The van der Waals surface area contributed by atoms with Crippen molar-refractivity contribution in [2.75, 3.05) is 5.32 Å². The lowest BCUT2D eigenvalue weighted by Crippen LogP contribution is -2.70. The van der Waals surface area contributed by atoms with Gasteiger partial charge in [0.15, 0.2) is 5.82 Å². The number of hydrogen-bond acceptors (Lipinski definition) is 6. The van der Waals surface area contributed by atoms with Gasteiger partial charge in [-0.2, -0.15) is 0 Å². The fraction of sp³-hybridized carbons (Fsp3) is 0.733. The van der Waals surface area contributed by atoms with Gasteiger partial charge in [-0.3, -0.25) is 4.79 Å². The highest BCUT2D eigenvalue weighted by Crippen LogP contribution is 2.48. The van der Waals surface area contributed by atoms with Crippen LogP contribution in [0.3, 0.4) is 0 Å². The number of para-hydroxylation sites is 1. The van der Waals surface area contributed by atoms with Gasteiger partial charge >= 0.3 is 0 Å². The third-order valence-electron chi connectivity index (χ3n) is 9.59. The Hall–Kier alpha value is -2.48. The van der Waals surface area contributed by atoms with Crippen molar-refractivity contribution in [1.82, 2.24) is 30.6 Å². The number of benzene rings is 1. The highest BCUT2D eigenvalue weighted by Gasteiger charge is 2.52. The zero-order valence-corrected chi connectivity index (χ0v) is 24.5. The molecule has 1 spiro atoms. The standard InChI is InChI=1S/C30H47N7O/c1-8-21-13-19-30(20-14-21)31-24-12-10-9-11-23(24)25(38)36(30)33-29(17-15-22(16-18-29)27(2,3)4)26-32-34-35-37(26)28(5,6)7/h9-12,21-22,31,33H,8,13-20H2,1-7H3. The van der Waals surface area contributed by atoms with Gasteiger partial charge in [0.1, 0.15) is 5.66 Å². The van der Waals surface area contributed by atoms with E-state index in [9.17, 15) is 4.79 Å². The normalized spacial score (nSPS) is 30.3. The van der Waals surface area contributed by atoms with Gasteiger partial charge in [-0.05, 0) is 112 Å². The van der Waals surface area contributed by atoms with Gasteiger partial charge in [-0.25, -0.2) is 15.1 Å². The summed E-state index contributed by atoms with van der Waals surface area (Å²) in [4.78, 5) is 14.3. The van der Waals surface area contributed by atoms with Crippen LogP contribution in [0.5, 0.6) is 0 Å². The van der Waals surface area contributed by atoms with E-state index in [0.717, 1.165) is 68.4 Å². The molecule has 1 aliphatic heterocycles. The van der Waals surface area contributed by atoms with E-state index >= 15 is 0 Å². The summed E-state index contributed by atoms with van der Waals surface area (Å²) in [6.45, 7) is 15.7. The first-order valence-corrected chi connectivity index (χ1v) is 14.7. The molecule has 2 aromatic rings. The number of anilines is 1. The molecule has 1 amide bonds. The highest BCUT2D eigenvalue weighted by molar-refractivity contribution is 6.02. The molecule has 2 heterocycles. The molecule has 2 N–H and O–H groups in total. The zero-order chi connectivity index (χ0) is 27.3. The summed E-state index contributed by atoms with van der Waals surface area (Å²) >= 11 is 0. The summed E-state index contributed by atoms with van der Waals surface area (Å²) in [7, 11) is 0. The average molecular weight is 522 g/mol. The lowest BCUT2D eigenvalue weighted by molar-refractivity contribution is -0.0335. The van der Waals surface area contributed by atoms with Crippen molar-refractivity contribution in [3.05, 3.63) is 35.7 Å². The van der Waals surface area contributed by atoms with E-state index in [2.05, 4.69) is 74.7 Å². The Kier molecular flexibility index (Phi) is 6.86. The molecule has 0 unspecified atom stereocenters. The molecule has 0 bridgehead atoms. The van der Waals surface area contributed by atoms with Crippen LogP contribution in [0.4, 0.5) is 5.69 Å². The van der Waals surface area contributed by atoms with Crippen molar-refractivity contribution in [2.45, 2.75) is 123 Å². The third-order valence-corrected chi connectivity index (χ3v) is 9.59. The molecule has 5 rings (SSSR count). The van der Waals surface area contributed by atoms with Crippen LogP contribution < -0.4 is 10.7 Å². The van der Waals surface area contributed by atoms with E-state index in [4.69, 9.17) is 0 Å². The van der Waals surface area contributed by atoms with Gasteiger partial charge in [0, 0.05) is 5.69 Å². The monoisotopic (exact) mass is 521 g/mol. The molecule has 0 radical (unpaired) electrons. The van der Waals surface area contributed by atoms with Gasteiger partial charge in [0.05, 0.1) is 16.6 Å². The Morgan fingerprint density at radius 2 is 1.66 bits per heavy atom. The van der Waals surface area contributed by atoms with Gasteiger partial charge in [-0.1, -0.05) is 46.2 Å². The van der Waals surface area contributed by atoms with Crippen LogP contribution in [-0.2, 0) is 11.1 Å². The van der Waals surface area contributed by atoms with Gasteiger partial charge in [0.2, 0.25) is 0 Å². The summed E-state index contributed by atoms with van der Waals surface area (Å²) < 4.78 is 1.97. The molecule has 1 aromatic carbocycles. The zero-order valence-electron chi connectivity index (χ0n) is 24.5. The smallest absolute Gasteiger partial charge is 0.272 e. The number of nitrogens with zero attached hydrogens (tertiary/aromatic N) is 5. The van der Waals surface area contributed by atoms with Crippen molar-refractivity contribution >= 4 is 11.6 Å². The van der Waals surface area contributed by atoms with E-state index < -0.39 is 11.2 Å². The fourth-order valence-corrected chi connectivity index (χ4v) is 6.98. The number of hydrogen-bond donors (Lipinski definition) is 2. The van der Waals surface area contributed by atoms with Crippen molar-refractivity contribution in [3.63, 3.8) is 0 Å². The van der Waals surface area contributed by atoms with Gasteiger partial charge < -0.3 is 5.32 Å². The molecule has 2 aliphatic carbocycles. The number of fused-ring (bicyclic) bond motifs is 1. The predicted octanol–water partition coefficient (Wildman–Crippen LogP) is 6.23. The Bertz CT molecular complexity index is 1140. The molecule has 1 aromatic heterocycles. The largest absolute Gasteiger partial charge is 0.361 e. The molecule has 3 aliphatic rings. The molecule has 0 saturated heterocycles. The summed E-state index contributed by atoms with van der Waals surface area (Å²) in [5.41, 5.74) is 4.53. The molecule has 8 nitrogen and oxygen atoms in total. The van der Waals surface area contributed by atoms with E-state index in [1.807, 2.05) is 34.0 Å². The number of carbonyl (C=O) groups excluding carboxylic acids is 1. The minimum Gasteiger partial charge on any atom is -0.361 e. The van der Waals surface area contributed by atoms with Crippen LogP contribution in [0.1, 0.15) is 122 Å². The van der Waals surface area contributed by atoms with E-state index in [-0.39, 0.29) is 16.9 Å². The molecular weight excluding hydrogens is 474 g/mol. The second-order valence-electron chi connectivity index (χ2n) is 14.1. The Balaban J connectivity index is 1.58. The Labute approximate surface area is 228 Å². The Morgan fingerprint density at radius 3 is 2.26 bits per heavy atom. The Morgan fingerprint density at radius 1 is 1.00 bits per heavy atom. The minimum atomic E-state index is -0.531. The van der Waals surface area contributed by atoms with Crippen LogP contribution in [0.2, 0.25) is 0 Å². The first kappa shape index (κ1) is 27.1. The maximum atomic E-state index is 14.3. The highest BCUT2D eigenvalue weighted by atomic mass is 16.2. The number of nitrogens with one attached hydrogen (secondary N) is 2. The number of carbonyl (C=O) groups is 1. The maximum absolute atomic E-state index is 14.3. The predicted molar refractivity (Wildman–Crippen MR) is 150 cm³/mol. The topological polar surface area (TPSA) is 88.0 Å². The van der Waals surface area contributed by atoms with E-state index in [1.54, 1.807) is 0 Å². The lowest BCUT2D eigenvalue weighted by Gasteiger charge is -2.55. The second-order valence-corrected chi connectivity index (χ2v) is 14.1. The summed E-state index contributed by atoms with van der Waals surface area (Å²) in [6.07, 6.45) is 9.12. The first-order chi connectivity index (χ1) is 17.9. The molecular formula is C30H47N7O. The number of hydrazine groups is 1. The minimum absolute atomic E-state index is 0.0430. The molecule has 208 valence electrons. The van der Waals surface area contributed by atoms with Crippen molar-refractivity contribution in [3.8, 4) is 0 Å². The van der Waals surface area contributed by atoms with Gasteiger partial charge in [-0.15, -0.1) is 5.10 Å². The van der Waals surface area contributed by atoms with Crippen molar-refractivity contribution in [2.24, 2.45) is 17.3 Å². The molecule has 2 fully saturated rings. The summed E-state index contributed by atoms with van der Waals surface area (Å²) in [5, 5.41) is 19.1. The number of amides is 1. The van der Waals surface area contributed by atoms with E-state index in [0.29, 0.717) is 11.8 Å². The van der Waals surface area contributed by atoms with Crippen LogP contribution >= 0.6 is 0 Å².